The lowest BCUT2D eigenvalue weighted by molar-refractivity contribution is 0.582. The Balaban J connectivity index is 2.33. The fourth-order valence-electron chi connectivity index (χ4n) is 1.29. The lowest BCUT2D eigenvalue weighted by Crippen LogP contribution is -1.98. The summed E-state index contributed by atoms with van der Waals surface area (Å²) in [6.07, 6.45) is 3.32. The summed E-state index contributed by atoms with van der Waals surface area (Å²) in [5.74, 6) is -0.0883. The van der Waals surface area contributed by atoms with E-state index in [2.05, 4.69) is 23.9 Å². The molecule has 0 unspecified atom stereocenters. The van der Waals surface area contributed by atoms with E-state index in [1.54, 1.807) is 10.7 Å². The average Bonchev–Trinajstić information content (AvgIpc) is 2.68. The number of aromatic nitrogens is 3. The molecule has 0 atom stereocenters. The van der Waals surface area contributed by atoms with E-state index in [1.807, 2.05) is 12.3 Å². The maximum absolute atomic E-state index is 12.6. The molecule has 2 heterocycles. The maximum Gasteiger partial charge on any atom is 0.212 e. The second-order valence-electron chi connectivity index (χ2n) is 3.68. The minimum Gasteiger partial charge on any atom is -0.239 e. The Labute approximate surface area is 87.6 Å². The zero-order chi connectivity index (χ0) is 10.8. The Kier molecular flexibility index (Phi) is 2.49. The highest BCUT2D eigenvalue weighted by Crippen LogP contribution is 2.13. The predicted octanol–water partition coefficient (Wildman–Crippen LogP) is 2.53. The first-order valence-corrected chi connectivity index (χ1v) is 4.84. The van der Waals surface area contributed by atoms with Gasteiger partial charge in [0.2, 0.25) is 5.95 Å². The van der Waals surface area contributed by atoms with Crippen LogP contribution >= 0.6 is 0 Å². The van der Waals surface area contributed by atoms with Crippen LogP contribution in [0.4, 0.5) is 4.39 Å². The molecule has 78 valence electrons. The molecule has 0 spiro atoms. The normalized spacial score (nSPS) is 10.9. The molecular weight excluding hydrogens is 193 g/mol. The van der Waals surface area contributed by atoms with E-state index in [4.69, 9.17) is 0 Å². The molecule has 0 aliphatic rings. The highest BCUT2D eigenvalue weighted by molar-refractivity contribution is 5.27. The van der Waals surface area contributed by atoms with Crippen LogP contribution in [0, 0.1) is 5.95 Å². The van der Waals surface area contributed by atoms with Gasteiger partial charge in [-0.1, -0.05) is 13.8 Å². The number of hydrogen-bond acceptors (Lipinski definition) is 2. The Morgan fingerprint density at radius 1 is 1.27 bits per heavy atom. The predicted molar refractivity (Wildman–Crippen MR) is 55.4 cm³/mol. The first-order chi connectivity index (χ1) is 7.16. The summed E-state index contributed by atoms with van der Waals surface area (Å²) in [5.41, 5.74) is 1.78. The molecule has 4 heteroatoms. The van der Waals surface area contributed by atoms with E-state index in [0.717, 1.165) is 11.4 Å². The van der Waals surface area contributed by atoms with Gasteiger partial charge >= 0.3 is 0 Å². The molecule has 0 aromatic carbocycles. The number of rotatable bonds is 2. The molecule has 0 amide bonds. The maximum atomic E-state index is 12.6. The van der Waals surface area contributed by atoms with Crippen LogP contribution in [0.3, 0.4) is 0 Å². The molecule has 0 aliphatic carbocycles. The molecule has 3 nitrogen and oxygen atoms in total. The smallest absolute Gasteiger partial charge is 0.212 e. The van der Waals surface area contributed by atoms with E-state index in [1.165, 1.54) is 12.3 Å². The van der Waals surface area contributed by atoms with Gasteiger partial charge in [-0.2, -0.15) is 9.49 Å². The third-order valence-electron chi connectivity index (χ3n) is 2.18. The standard InChI is InChI=1S/C11H12FN3/c1-8(2)10-5-6-15(14-10)9-3-4-11(12)13-7-9/h3-8H,1-2H3. The average molecular weight is 205 g/mol. The highest BCUT2D eigenvalue weighted by Gasteiger charge is 2.04. The molecule has 0 bridgehead atoms. The van der Waals surface area contributed by atoms with E-state index < -0.39 is 5.95 Å². The molecule has 2 aromatic heterocycles. The third-order valence-corrected chi connectivity index (χ3v) is 2.18. The summed E-state index contributed by atoms with van der Waals surface area (Å²) in [5, 5.41) is 4.36. The van der Waals surface area contributed by atoms with Crippen molar-refractivity contribution in [1.29, 1.82) is 0 Å². The first kappa shape index (κ1) is 9.83. The van der Waals surface area contributed by atoms with Crippen LogP contribution < -0.4 is 0 Å². The van der Waals surface area contributed by atoms with Crippen LogP contribution in [0.5, 0.6) is 0 Å². The second-order valence-corrected chi connectivity index (χ2v) is 3.68. The van der Waals surface area contributed by atoms with Crippen molar-refractivity contribution in [1.82, 2.24) is 14.8 Å². The van der Waals surface area contributed by atoms with Crippen LogP contribution in [0.25, 0.3) is 5.69 Å². The van der Waals surface area contributed by atoms with Crippen molar-refractivity contribution in [3.05, 3.63) is 42.2 Å². The Bertz CT molecular complexity index is 445. The molecule has 0 radical (unpaired) electrons. The van der Waals surface area contributed by atoms with Crippen LogP contribution in [0.2, 0.25) is 0 Å². The number of nitrogens with zero attached hydrogens (tertiary/aromatic N) is 3. The highest BCUT2D eigenvalue weighted by atomic mass is 19.1. The van der Waals surface area contributed by atoms with Gasteiger partial charge in [-0.25, -0.2) is 9.67 Å². The molecule has 2 aromatic rings. The van der Waals surface area contributed by atoms with Gasteiger partial charge in [0.1, 0.15) is 0 Å². The van der Waals surface area contributed by atoms with Crippen LogP contribution in [-0.2, 0) is 0 Å². The molecule has 0 fully saturated rings. The Morgan fingerprint density at radius 3 is 2.60 bits per heavy atom. The summed E-state index contributed by atoms with van der Waals surface area (Å²) >= 11 is 0. The van der Waals surface area contributed by atoms with Crippen molar-refractivity contribution in [2.75, 3.05) is 0 Å². The molecule has 0 saturated heterocycles. The monoisotopic (exact) mass is 205 g/mol. The summed E-state index contributed by atoms with van der Waals surface area (Å²) < 4.78 is 14.3. The number of hydrogen-bond donors (Lipinski definition) is 0. The van der Waals surface area contributed by atoms with Gasteiger partial charge in [-0.15, -0.1) is 0 Å². The van der Waals surface area contributed by atoms with E-state index in [9.17, 15) is 4.39 Å². The molecule has 0 saturated carbocycles. The van der Waals surface area contributed by atoms with Gasteiger partial charge in [0.05, 0.1) is 17.6 Å². The van der Waals surface area contributed by atoms with Crippen LogP contribution in [-0.4, -0.2) is 14.8 Å². The van der Waals surface area contributed by atoms with Crippen LogP contribution in [0.1, 0.15) is 25.5 Å². The van der Waals surface area contributed by atoms with Crippen molar-refractivity contribution in [3.8, 4) is 5.69 Å². The van der Waals surface area contributed by atoms with Gasteiger partial charge in [0.15, 0.2) is 0 Å². The second kappa shape index (κ2) is 3.81. The summed E-state index contributed by atoms with van der Waals surface area (Å²) in [7, 11) is 0. The minimum atomic E-state index is -0.477. The van der Waals surface area contributed by atoms with Crippen molar-refractivity contribution in [2.24, 2.45) is 0 Å². The Morgan fingerprint density at radius 2 is 2.07 bits per heavy atom. The van der Waals surface area contributed by atoms with E-state index >= 15 is 0 Å². The van der Waals surface area contributed by atoms with Crippen LogP contribution in [0.15, 0.2) is 30.6 Å². The van der Waals surface area contributed by atoms with E-state index in [-0.39, 0.29) is 0 Å². The number of halogens is 1. The molecular formula is C11H12FN3. The molecule has 0 N–H and O–H groups in total. The fraction of sp³-hybridized carbons (Fsp3) is 0.273. The number of pyridine rings is 1. The van der Waals surface area contributed by atoms with Gasteiger partial charge in [0.25, 0.3) is 0 Å². The lowest BCUT2D eigenvalue weighted by atomic mass is 10.1. The van der Waals surface area contributed by atoms with Crippen molar-refractivity contribution >= 4 is 0 Å². The van der Waals surface area contributed by atoms with Gasteiger partial charge in [-0.3, -0.25) is 0 Å². The van der Waals surface area contributed by atoms with Gasteiger partial charge < -0.3 is 0 Å². The zero-order valence-corrected chi connectivity index (χ0v) is 8.68. The summed E-state index contributed by atoms with van der Waals surface area (Å²) in [4.78, 5) is 3.58. The summed E-state index contributed by atoms with van der Waals surface area (Å²) in [6, 6.07) is 4.93. The first-order valence-electron chi connectivity index (χ1n) is 4.84. The quantitative estimate of drug-likeness (QED) is 0.705. The zero-order valence-electron chi connectivity index (χ0n) is 8.68. The SMILES string of the molecule is CC(C)c1ccn(-c2ccc(F)nc2)n1. The third kappa shape index (κ3) is 2.03. The van der Waals surface area contributed by atoms with Gasteiger partial charge in [0, 0.05) is 6.20 Å². The van der Waals surface area contributed by atoms with Crippen molar-refractivity contribution in [3.63, 3.8) is 0 Å². The van der Waals surface area contributed by atoms with Crippen molar-refractivity contribution in [2.45, 2.75) is 19.8 Å². The summed E-state index contributed by atoms with van der Waals surface area (Å²) in [6.45, 7) is 4.16. The van der Waals surface area contributed by atoms with Gasteiger partial charge in [-0.05, 0) is 24.1 Å². The van der Waals surface area contributed by atoms with E-state index in [0.29, 0.717) is 5.92 Å². The Hall–Kier alpha value is -1.71. The van der Waals surface area contributed by atoms with Crippen molar-refractivity contribution < 1.29 is 4.39 Å². The lowest BCUT2D eigenvalue weighted by Gasteiger charge is -2.01. The minimum absolute atomic E-state index is 0.389. The fourth-order valence-corrected chi connectivity index (χ4v) is 1.29. The molecule has 0 aliphatic heterocycles. The topological polar surface area (TPSA) is 30.7 Å². The molecule has 15 heavy (non-hydrogen) atoms. The molecule has 2 rings (SSSR count). The largest absolute Gasteiger partial charge is 0.239 e.